The molecule has 4 heteroatoms. The van der Waals surface area contributed by atoms with Crippen molar-refractivity contribution in [3.05, 3.63) is 65.5 Å². The van der Waals surface area contributed by atoms with Gasteiger partial charge in [-0.1, -0.05) is 51.1 Å². The van der Waals surface area contributed by atoms with Gasteiger partial charge in [-0.3, -0.25) is 4.79 Å². The van der Waals surface area contributed by atoms with Crippen molar-refractivity contribution in [3.8, 4) is 0 Å². The van der Waals surface area contributed by atoms with Crippen molar-refractivity contribution in [1.29, 1.82) is 0 Å². The zero-order valence-corrected chi connectivity index (χ0v) is 14.5. The van der Waals surface area contributed by atoms with E-state index in [1.807, 2.05) is 18.2 Å². The standard InChI is InChI=1S/C20H25FN2O/c1-20(2,3)17-6-4-5-7-18(17)23-14-19(24)22-13-12-15-8-10-16(21)11-9-15/h4-11,23H,12-14H2,1-3H3,(H,22,24). The first-order valence-corrected chi connectivity index (χ1v) is 8.21. The highest BCUT2D eigenvalue weighted by atomic mass is 19.1. The molecule has 3 nitrogen and oxygen atoms in total. The second-order valence-electron chi connectivity index (χ2n) is 6.88. The Morgan fingerprint density at radius 3 is 2.38 bits per heavy atom. The second-order valence-corrected chi connectivity index (χ2v) is 6.88. The molecule has 2 aromatic carbocycles. The molecule has 0 aliphatic rings. The Hall–Kier alpha value is -2.36. The fraction of sp³-hybridized carbons (Fsp3) is 0.350. The normalized spacial score (nSPS) is 11.2. The summed E-state index contributed by atoms with van der Waals surface area (Å²) in [7, 11) is 0. The molecular formula is C20H25FN2O. The number of para-hydroxylation sites is 1. The average molecular weight is 328 g/mol. The Labute approximate surface area is 143 Å². The molecular weight excluding hydrogens is 303 g/mol. The molecule has 0 spiro atoms. The van der Waals surface area contributed by atoms with Crippen LogP contribution in [0.5, 0.6) is 0 Å². The van der Waals surface area contributed by atoms with Crippen LogP contribution in [0, 0.1) is 5.82 Å². The molecule has 0 unspecified atom stereocenters. The number of benzene rings is 2. The van der Waals surface area contributed by atoms with E-state index >= 15 is 0 Å². The van der Waals surface area contributed by atoms with Gasteiger partial charge in [0.1, 0.15) is 5.82 Å². The van der Waals surface area contributed by atoms with Crippen molar-refractivity contribution in [2.45, 2.75) is 32.6 Å². The van der Waals surface area contributed by atoms with Gasteiger partial charge >= 0.3 is 0 Å². The Morgan fingerprint density at radius 2 is 1.71 bits per heavy atom. The number of carbonyl (C=O) groups excluding carboxylic acids is 1. The van der Waals surface area contributed by atoms with Crippen molar-refractivity contribution >= 4 is 11.6 Å². The molecule has 0 saturated carbocycles. The molecule has 2 rings (SSSR count). The van der Waals surface area contributed by atoms with Crippen LogP contribution in [-0.4, -0.2) is 19.0 Å². The van der Waals surface area contributed by atoms with Gasteiger partial charge in [0, 0.05) is 12.2 Å². The molecule has 0 saturated heterocycles. The van der Waals surface area contributed by atoms with Crippen molar-refractivity contribution in [2.24, 2.45) is 0 Å². The van der Waals surface area contributed by atoms with Gasteiger partial charge in [0.05, 0.1) is 6.54 Å². The largest absolute Gasteiger partial charge is 0.376 e. The molecule has 0 radical (unpaired) electrons. The number of nitrogens with one attached hydrogen (secondary N) is 2. The van der Waals surface area contributed by atoms with Crippen molar-refractivity contribution in [3.63, 3.8) is 0 Å². The third-order valence-corrected chi connectivity index (χ3v) is 3.82. The van der Waals surface area contributed by atoms with Crippen molar-refractivity contribution < 1.29 is 9.18 Å². The van der Waals surface area contributed by atoms with E-state index in [4.69, 9.17) is 0 Å². The highest BCUT2D eigenvalue weighted by Gasteiger charge is 2.17. The van der Waals surface area contributed by atoms with E-state index in [1.54, 1.807) is 12.1 Å². The molecule has 0 aliphatic heterocycles. The number of halogens is 1. The second kappa shape index (κ2) is 7.95. The molecule has 0 aliphatic carbocycles. The summed E-state index contributed by atoms with van der Waals surface area (Å²) in [5.41, 5.74) is 3.19. The summed E-state index contributed by atoms with van der Waals surface area (Å²) >= 11 is 0. The van der Waals surface area contributed by atoms with Crippen LogP contribution in [0.1, 0.15) is 31.9 Å². The number of hydrogen-bond acceptors (Lipinski definition) is 2. The van der Waals surface area contributed by atoms with Gasteiger partial charge in [-0.2, -0.15) is 0 Å². The van der Waals surface area contributed by atoms with Gasteiger partial charge in [-0.15, -0.1) is 0 Å². The van der Waals surface area contributed by atoms with E-state index in [9.17, 15) is 9.18 Å². The summed E-state index contributed by atoms with van der Waals surface area (Å²) in [6, 6.07) is 14.4. The van der Waals surface area contributed by atoms with Gasteiger partial charge in [0.2, 0.25) is 5.91 Å². The Kier molecular flexibility index (Phi) is 5.96. The van der Waals surface area contributed by atoms with Gasteiger partial charge < -0.3 is 10.6 Å². The molecule has 128 valence electrons. The number of hydrogen-bond donors (Lipinski definition) is 2. The molecule has 2 aromatic rings. The summed E-state index contributed by atoms with van der Waals surface area (Å²) in [4.78, 5) is 12.0. The summed E-state index contributed by atoms with van der Waals surface area (Å²) in [6.07, 6.45) is 0.685. The van der Waals surface area contributed by atoms with Gasteiger partial charge in [0.25, 0.3) is 0 Å². The smallest absolute Gasteiger partial charge is 0.239 e. The predicted molar refractivity (Wildman–Crippen MR) is 96.7 cm³/mol. The fourth-order valence-electron chi connectivity index (χ4n) is 2.53. The first-order chi connectivity index (χ1) is 11.4. The van der Waals surface area contributed by atoms with Crippen LogP contribution in [0.25, 0.3) is 0 Å². The van der Waals surface area contributed by atoms with Crippen molar-refractivity contribution in [2.75, 3.05) is 18.4 Å². The van der Waals surface area contributed by atoms with Crippen LogP contribution in [0.15, 0.2) is 48.5 Å². The first kappa shape index (κ1) is 18.0. The van der Waals surface area contributed by atoms with Crippen LogP contribution in [0.2, 0.25) is 0 Å². The molecule has 2 N–H and O–H groups in total. The maximum atomic E-state index is 12.8. The van der Waals surface area contributed by atoms with Gasteiger partial charge in [-0.25, -0.2) is 4.39 Å². The highest BCUT2D eigenvalue weighted by molar-refractivity contribution is 5.81. The topological polar surface area (TPSA) is 41.1 Å². The molecule has 1 amide bonds. The van der Waals surface area contributed by atoms with Crippen LogP contribution < -0.4 is 10.6 Å². The zero-order chi connectivity index (χ0) is 17.6. The minimum absolute atomic E-state index is 0.0165. The van der Waals surface area contributed by atoms with E-state index in [-0.39, 0.29) is 23.7 Å². The third kappa shape index (κ3) is 5.37. The van der Waals surface area contributed by atoms with E-state index in [2.05, 4.69) is 37.5 Å². The van der Waals surface area contributed by atoms with Crippen LogP contribution in [0.3, 0.4) is 0 Å². The maximum absolute atomic E-state index is 12.8. The van der Waals surface area contributed by atoms with E-state index in [0.29, 0.717) is 13.0 Å². The maximum Gasteiger partial charge on any atom is 0.239 e. The molecule has 0 aromatic heterocycles. The summed E-state index contributed by atoms with van der Waals surface area (Å²) in [5.74, 6) is -0.301. The molecule has 0 fully saturated rings. The van der Waals surface area contributed by atoms with Crippen LogP contribution in [0.4, 0.5) is 10.1 Å². The van der Waals surface area contributed by atoms with Gasteiger partial charge in [0.15, 0.2) is 0 Å². The molecule has 0 atom stereocenters. The zero-order valence-electron chi connectivity index (χ0n) is 14.5. The SMILES string of the molecule is CC(C)(C)c1ccccc1NCC(=O)NCCc1ccc(F)cc1. The number of amides is 1. The molecule has 0 bridgehead atoms. The predicted octanol–water partition coefficient (Wildman–Crippen LogP) is 3.89. The van der Waals surface area contributed by atoms with Crippen LogP contribution >= 0.6 is 0 Å². The Bertz CT molecular complexity index is 675. The average Bonchev–Trinajstić information content (AvgIpc) is 2.54. The van der Waals surface area contributed by atoms with E-state index in [1.165, 1.54) is 17.7 Å². The Balaban J connectivity index is 1.80. The summed E-state index contributed by atoms with van der Waals surface area (Å²) in [6.45, 7) is 7.21. The number of anilines is 1. The fourth-order valence-corrected chi connectivity index (χ4v) is 2.53. The Morgan fingerprint density at radius 1 is 1.04 bits per heavy atom. The minimum Gasteiger partial charge on any atom is -0.376 e. The molecule has 24 heavy (non-hydrogen) atoms. The minimum atomic E-state index is -0.246. The van der Waals surface area contributed by atoms with Crippen molar-refractivity contribution in [1.82, 2.24) is 5.32 Å². The number of carbonyl (C=O) groups is 1. The van der Waals surface area contributed by atoms with E-state index in [0.717, 1.165) is 11.3 Å². The summed E-state index contributed by atoms with van der Waals surface area (Å²) < 4.78 is 12.8. The van der Waals surface area contributed by atoms with Gasteiger partial charge in [-0.05, 0) is 41.2 Å². The third-order valence-electron chi connectivity index (χ3n) is 3.82. The number of rotatable bonds is 6. The lowest BCUT2D eigenvalue weighted by atomic mass is 9.86. The quantitative estimate of drug-likeness (QED) is 0.844. The lowest BCUT2D eigenvalue weighted by molar-refractivity contribution is -0.119. The van der Waals surface area contributed by atoms with E-state index < -0.39 is 0 Å². The lowest BCUT2D eigenvalue weighted by Crippen LogP contribution is -2.32. The summed E-state index contributed by atoms with van der Waals surface area (Å²) in [5, 5.41) is 6.09. The molecule has 0 heterocycles. The first-order valence-electron chi connectivity index (χ1n) is 8.21. The lowest BCUT2D eigenvalue weighted by Gasteiger charge is -2.23. The monoisotopic (exact) mass is 328 g/mol. The van der Waals surface area contributed by atoms with Crippen LogP contribution in [-0.2, 0) is 16.6 Å². The highest BCUT2D eigenvalue weighted by Crippen LogP contribution is 2.28.